The number of hydrogen-bond acceptors (Lipinski definition) is 9. The number of non-ortho nitro benzene ring substituents is 1. The summed E-state index contributed by atoms with van der Waals surface area (Å²) in [5, 5.41) is 30.1. The molecule has 0 saturated carbocycles. The van der Waals surface area contributed by atoms with Gasteiger partial charge in [-0.1, -0.05) is 73.7 Å². The molecule has 0 unspecified atom stereocenters. The molecule has 0 bridgehead atoms. The summed E-state index contributed by atoms with van der Waals surface area (Å²) in [5.74, 6) is -0.464. The molecule has 59 heavy (non-hydrogen) atoms. The molecule has 0 radical (unpaired) electrons. The summed E-state index contributed by atoms with van der Waals surface area (Å²) < 4.78 is 12.7. The zero-order valence-electron chi connectivity index (χ0n) is 33.9. The van der Waals surface area contributed by atoms with Crippen LogP contribution in [0.2, 0.25) is 18.6 Å². The van der Waals surface area contributed by atoms with Crippen LogP contribution in [0.25, 0.3) is 0 Å². The highest BCUT2D eigenvalue weighted by Crippen LogP contribution is 2.60. The highest BCUT2D eigenvalue weighted by atomic mass is 28.3. The second-order valence-corrected chi connectivity index (χ2v) is 21.6. The Balaban J connectivity index is 1.18. The van der Waals surface area contributed by atoms with E-state index in [0.29, 0.717) is 35.7 Å². The SMILES string of the molecule is COc1ccc([Si](C)(C)[C@H]2[C@H](CC(=O)N3Cc4ccccc4C[C@H]3CO)O[C@@]3(C(=O)N(Cc4cccc(NC(=O)[C@H]5CCCN5)c4)c4ccc([N+](=O)[O-])cc43)[C@@H]2C)cc1. The molecule has 2 saturated heterocycles. The summed E-state index contributed by atoms with van der Waals surface area (Å²) in [7, 11) is -1.05. The largest absolute Gasteiger partial charge is 0.497 e. The Hall–Kier alpha value is -5.41. The van der Waals surface area contributed by atoms with E-state index >= 15 is 4.79 Å². The zero-order valence-corrected chi connectivity index (χ0v) is 34.9. The van der Waals surface area contributed by atoms with Crippen LogP contribution in [0.5, 0.6) is 5.75 Å². The minimum atomic E-state index is -2.67. The van der Waals surface area contributed by atoms with Gasteiger partial charge in [0.15, 0.2) is 5.60 Å². The number of carbonyl (C=O) groups is 3. The molecule has 4 aliphatic heterocycles. The standard InChI is InChI=1S/C45H51N5O8Si/c1-28-42(59(3,4)36-17-15-35(57-2)16-18-36)40(24-41(52)48-26-31-11-6-5-10-30(31)22-34(48)27-51)58-45(28)37-23-33(50(55)56)14-19-39(37)49(44(45)54)25-29-9-7-12-32(21-29)47-43(53)38-13-8-20-46-38/h5-7,9-12,14-19,21,23,28,34,38,40,42,46,51H,8,13,20,22,24-27H2,1-4H3,(H,47,53)/t28-,34+,38-,40+,42-,45+/m1/s1. The molecule has 2 fully saturated rings. The van der Waals surface area contributed by atoms with E-state index in [1.165, 1.54) is 12.1 Å². The van der Waals surface area contributed by atoms with Gasteiger partial charge >= 0.3 is 0 Å². The summed E-state index contributed by atoms with van der Waals surface area (Å²) in [6.45, 7) is 7.47. The summed E-state index contributed by atoms with van der Waals surface area (Å²) in [5.41, 5.74) is 2.26. The van der Waals surface area contributed by atoms with Crippen LogP contribution in [0.15, 0.2) is 91.0 Å². The number of anilines is 2. The quantitative estimate of drug-likeness (QED) is 0.102. The van der Waals surface area contributed by atoms with E-state index < -0.39 is 36.7 Å². The number of nitro benzene ring substituents is 1. The molecule has 6 atom stereocenters. The first-order chi connectivity index (χ1) is 28.3. The van der Waals surface area contributed by atoms with Gasteiger partial charge in [0.1, 0.15) is 5.75 Å². The molecule has 8 rings (SSSR count). The van der Waals surface area contributed by atoms with Gasteiger partial charge in [-0.3, -0.25) is 24.5 Å². The molecule has 3 N–H and O–H groups in total. The molecule has 3 amide bonds. The van der Waals surface area contributed by atoms with E-state index in [1.54, 1.807) is 23.0 Å². The lowest BCUT2D eigenvalue weighted by atomic mass is 9.82. The Morgan fingerprint density at radius 3 is 2.51 bits per heavy atom. The predicted octanol–water partition coefficient (Wildman–Crippen LogP) is 5.39. The van der Waals surface area contributed by atoms with Crippen molar-refractivity contribution in [3.05, 3.63) is 123 Å². The highest BCUT2D eigenvalue weighted by molar-refractivity contribution is 6.91. The van der Waals surface area contributed by atoms with Crippen molar-refractivity contribution in [1.29, 1.82) is 0 Å². The number of rotatable bonds is 11. The fourth-order valence-electron chi connectivity index (χ4n) is 10.2. The minimum Gasteiger partial charge on any atom is -0.497 e. The number of nitrogens with zero attached hydrogens (tertiary/aromatic N) is 3. The molecule has 308 valence electrons. The van der Waals surface area contributed by atoms with Crippen LogP contribution in [0.4, 0.5) is 17.1 Å². The number of carbonyl (C=O) groups excluding carboxylic acids is 3. The van der Waals surface area contributed by atoms with E-state index in [9.17, 15) is 24.8 Å². The van der Waals surface area contributed by atoms with E-state index in [0.717, 1.165) is 41.3 Å². The van der Waals surface area contributed by atoms with Crippen LogP contribution in [0.1, 0.15) is 48.4 Å². The van der Waals surface area contributed by atoms with E-state index in [4.69, 9.17) is 9.47 Å². The fraction of sp³-hybridized carbons (Fsp3) is 0.400. The number of aliphatic hydroxyl groups excluding tert-OH is 1. The number of aliphatic hydroxyl groups is 1. The number of nitro groups is 1. The van der Waals surface area contributed by atoms with Gasteiger partial charge in [0.05, 0.1) is 63.6 Å². The topological polar surface area (TPSA) is 164 Å². The number of amides is 3. The fourth-order valence-corrected chi connectivity index (χ4v) is 14.2. The molecule has 4 heterocycles. The van der Waals surface area contributed by atoms with E-state index in [1.807, 2.05) is 79.7 Å². The van der Waals surface area contributed by atoms with Gasteiger partial charge in [-0.25, -0.2) is 0 Å². The maximum absolute atomic E-state index is 15.4. The molecular weight excluding hydrogens is 767 g/mol. The van der Waals surface area contributed by atoms with Gasteiger partial charge in [0.25, 0.3) is 11.6 Å². The average Bonchev–Trinajstić information content (AvgIpc) is 3.94. The Bertz CT molecular complexity index is 2280. The smallest absolute Gasteiger partial charge is 0.269 e. The van der Waals surface area contributed by atoms with Crippen LogP contribution in [0.3, 0.4) is 0 Å². The van der Waals surface area contributed by atoms with Crippen LogP contribution < -0.4 is 25.5 Å². The third-order valence-electron chi connectivity index (χ3n) is 13.2. The van der Waals surface area contributed by atoms with Crippen molar-refractivity contribution < 1.29 is 33.9 Å². The van der Waals surface area contributed by atoms with Crippen molar-refractivity contribution in [2.45, 2.75) is 88.1 Å². The molecule has 13 nitrogen and oxygen atoms in total. The number of benzene rings is 4. The first-order valence-electron chi connectivity index (χ1n) is 20.4. The second kappa shape index (κ2) is 16.0. The third kappa shape index (κ3) is 7.21. The van der Waals surface area contributed by atoms with E-state index in [-0.39, 0.29) is 54.6 Å². The van der Waals surface area contributed by atoms with Gasteiger partial charge in [0, 0.05) is 35.8 Å². The zero-order chi connectivity index (χ0) is 41.6. The first kappa shape index (κ1) is 40.4. The Kier molecular flexibility index (Phi) is 10.9. The van der Waals surface area contributed by atoms with Gasteiger partial charge in [-0.15, -0.1) is 0 Å². The van der Waals surface area contributed by atoms with Crippen molar-refractivity contribution in [2.75, 3.05) is 30.5 Å². The summed E-state index contributed by atoms with van der Waals surface area (Å²) >= 11 is 0. The number of nitrogens with one attached hydrogen (secondary N) is 2. The van der Waals surface area contributed by atoms with Crippen molar-refractivity contribution in [1.82, 2.24) is 10.2 Å². The summed E-state index contributed by atoms with van der Waals surface area (Å²) in [6, 6.07) is 27.0. The molecule has 0 aromatic heterocycles. The number of methoxy groups -OCH3 is 1. The van der Waals surface area contributed by atoms with Crippen molar-refractivity contribution in [3.8, 4) is 5.75 Å². The van der Waals surface area contributed by atoms with Gasteiger partial charge in [-0.2, -0.15) is 0 Å². The highest BCUT2D eigenvalue weighted by Gasteiger charge is 2.67. The molecule has 4 aliphatic rings. The lowest BCUT2D eigenvalue weighted by Gasteiger charge is -2.39. The normalized spacial score (nSPS) is 24.9. The molecule has 1 spiro atoms. The Labute approximate surface area is 344 Å². The molecule has 4 aromatic rings. The lowest BCUT2D eigenvalue weighted by molar-refractivity contribution is -0.385. The number of ether oxygens (including phenoxy) is 2. The van der Waals surface area contributed by atoms with E-state index in [2.05, 4.69) is 23.7 Å². The van der Waals surface area contributed by atoms with Crippen molar-refractivity contribution >= 4 is 48.0 Å². The number of hydrogen-bond donors (Lipinski definition) is 3. The van der Waals surface area contributed by atoms with Gasteiger partial charge in [-0.05, 0) is 78.4 Å². The molecule has 4 aromatic carbocycles. The molecule has 0 aliphatic carbocycles. The van der Waals surface area contributed by atoms with Crippen molar-refractivity contribution in [2.24, 2.45) is 5.92 Å². The molecule has 14 heteroatoms. The van der Waals surface area contributed by atoms with Crippen LogP contribution >= 0.6 is 0 Å². The van der Waals surface area contributed by atoms with Crippen LogP contribution in [0, 0.1) is 16.0 Å². The lowest BCUT2D eigenvalue weighted by Crippen LogP contribution is -2.52. The third-order valence-corrected chi connectivity index (χ3v) is 17.6. The first-order valence-corrected chi connectivity index (χ1v) is 23.5. The van der Waals surface area contributed by atoms with Crippen LogP contribution in [-0.4, -0.2) is 79.2 Å². The van der Waals surface area contributed by atoms with Crippen LogP contribution in [-0.2, 0) is 44.2 Å². The number of fused-ring (bicyclic) bond motifs is 3. The predicted molar refractivity (Wildman–Crippen MR) is 226 cm³/mol. The molecular formula is C45H51N5O8Si. The maximum atomic E-state index is 15.4. The van der Waals surface area contributed by atoms with Gasteiger partial charge in [0.2, 0.25) is 11.8 Å². The second-order valence-electron chi connectivity index (χ2n) is 16.9. The monoisotopic (exact) mass is 817 g/mol. The van der Waals surface area contributed by atoms with Gasteiger partial charge < -0.3 is 35.0 Å². The average molecular weight is 818 g/mol. The Morgan fingerprint density at radius 1 is 1.05 bits per heavy atom. The Morgan fingerprint density at radius 2 is 1.81 bits per heavy atom. The minimum absolute atomic E-state index is 0.0445. The summed E-state index contributed by atoms with van der Waals surface area (Å²) in [4.78, 5) is 58.2. The maximum Gasteiger partial charge on any atom is 0.269 e. The summed E-state index contributed by atoms with van der Waals surface area (Å²) in [6.07, 6.45) is 1.43. The van der Waals surface area contributed by atoms with Crippen molar-refractivity contribution in [3.63, 3.8) is 0 Å².